The molecule has 3 N–H and O–H groups in total. The Morgan fingerprint density at radius 2 is 1.88 bits per heavy atom. The zero-order chi connectivity index (χ0) is 18.2. The van der Waals surface area contributed by atoms with E-state index in [0.29, 0.717) is 22.7 Å². The standard InChI is InChI=1S/C17H17N3O5/c1-24-13-6-7-15(25-2)14(9-13)19-16(22)17(23)20-18-10-11-4-3-5-12(21)8-11/h3-10,21H,1-2H3,(H,19,22)(H,20,23). The summed E-state index contributed by atoms with van der Waals surface area (Å²) in [7, 11) is 2.92. The summed E-state index contributed by atoms with van der Waals surface area (Å²) in [6.45, 7) is 0. The van der Waals surface area contributed by atoms with Crippen molar-refractivity contribution in [2.24, 2.45) is 5.10 Å². The Morgan fingerprint density at radius 1 is 1.08 bits per heavy atom. The van der Waals surface area contributed by atoms with Gasteiger partial charge in [-0.3, -0.25) is 9.59 Å². The second kappa shape index (κ2) is 8.34. The van der Waals surface area contributed by atoms with E-state index in [2.05, 4.69) is 15.8 Å². The number of aromatic hydroxyl groups is 1. The Bertz CT molecular complexity index is 805. The van der Waals surface area contributed by atoms with Crippen LogP contribution in [-0.2, 0) is 9.59 Å². The van der Waals surface area contributed by atoms with E-state index in [9.17, 15) is 14.7 Å². The lowest BCUT2D eigenvalue weighted by Crippen LogP contribution is -2.32. The largest absolute Gasteiger partial charge is 0.508 e. The quantitative estimate of drug-likeness (QED) is 0.433. The van der Waals surface area contributed by atoms with Crippen LogP contribution in [-0.4, -0.2) is 37.4 Å². The zero-order valence-corrected chi connectivity index (χ0v) is 13.6. The monoisotopic (exact) mass is 343 g/mol. The fraction of sp³-hybridized carbons (Fsp3) is 0.118. The summed E-state index contributed by atoms with van der Waals surface area (Å²) in [6.07, 6.45) is 1.30. The average molecular weight is 343 g/mol. The highest BCUT2D eigenvalue weighted by Gasteiger charge is 2.16. The number of hydrogen-bond donors (Lipinski definition) is 3. The van der Waals surface area contributed by atoms with Crippen LogP contribution in [0.15, 0.2) is 47.6 Å². The van der Waals surface area contributed by atoms with Gasteiger partial charge in [0.15, 0.2) is 0 Å². The molecule has 0 unspecified atom stereocenters. The summed E-state index contributed by atoms with van der Waals surface area (Å²) < 4.78 is 10.2. The normalized spacial score (nSPS) is 10.3. The molecule has 8 nitrogen and oxygen atoms in total. The molecule has 0 aliphatic carbocycles. The summed E-state index contributed by atoms with van der Waals surface area (Å²) in [5, 5.41) is 15.4. The molecule has 0 aliphatic heterocycles. The van der Waals surface area contributed by atoms with Crippen molar-refractivity contribution in [2.75, 3.05) is 19.5 Å². The predicted molar refractivity (Wildman–Crippen MR) is 92.0 cm³/mol. The molecule has 8 heteroatoms. The molecular weight excluding hydrogens is 326 g/mol. The van der Waals surface area contributed by atoms with Crippen molar-refractivity contribution in [1.82, 2.24) is 5.43 Å². The first-order chi connectivity index (χ1) is 12.0. The summed E-state index contributed by atoms with van der Waals surface area (Å²) >= 11 is 0. The zero-order valence-electron chi connectivity index (χ0n) is 13.6. The van der Waals surface area contributed by atoms with Crippen molar-refractivity contribution in [3.63, 3.8) is 0 Å². The molecule has 130 valence electrons. The maximum Gasteiger partial charge on any atom is 0.329 e. The van der Waals surface area contributed by atoms with Crippen molar-refractivity contribution < 1.29 is 24.2 Å². The number of carbonyl (C=O) groups excluding carboxylic acids is 2. The molecule has 2 aromatic rings. The third-order valence-corrected chi connectivity index (χ3v) is 3.11. The van der Waals surface area contributed by atoms with E-state index in [-0.39, 0.29) is 5.75 Å². The lowest BCUT2D eigenvalue weighted by molar-refractivity contribution is -0.136. The molecular formula is C17H17N3O5. The van der Waals surface area contributed by atoms with Gasteiger partial charge in [0.05, 0.1) is 26.1 Å². The molecule has 0 bridgehead atoms. The highest BCUT2D eigenvalue weighted by Crippen LogP contribution is 2.28. The molecule has 0 saturated carbocycles. The van der Waals surface area contributed by atoms with Crippen LogP contribution in [0.1, 0.15) is 5.56 Å². The molecule has 0 heterocycles. The third-order valence-electron chi connectivity index (χ3n) is 3.11. The highest BCUT2D eigenvalue weighted by atomic mass is 16.5. The maximum absolute atomic E-state index is 11.9. The Morgan fingerprint density at radius 3 is 2.56 bits per heavy atom. The first-order valence-corrected chi connectivity index (χ1v) is 7.19. The van der Waals surface area contributed by atoms with E-state index in [1.165, 1.54) is 38.6 Å². The van der Waals surface area contributed by atoms with Crippen LogP contribution in [0.4, 0.5) is 5.69 Å². The molecule has 2 amide bonds. The molecule has 0 atom stereocenters. The molecule has 0 saturated heterocycles. The van der Waals surface area contributed by atoms with Gasteiger partial charge < -0.3 is 19.9 Å². The second-order valence-corrected chi connectivity index (χ2v) is 4.81. The fourth-order valence-corrected chi connectivity index (χ4v) is 1.91. The SMILES string of the molecule is COc1ccc(OC)c(NC(=O)C(=O)NN=Cc2cccc(O)c2)c1. The van der Waals surface area contributed by atoms with Crippen molar-refractivity contribution >= 4 is 23.7 Å². The van der Waals surface area contributed by atoms with E-state index in [1.807, 2.05) is 0 Å². The number of phenolic OH excluding ortho intramolecular Hbond substituents is 1. The van der Waals surface area contributed by atoms with E-state index in [0.717, 1.165) is 0 Å². The van der Waals surface area contributed by atoms with Gasteiger partial charge in [0.25, 0.3) is 0 Å². The minimum Gasteiger partial charge on any atom is -0.508 e. The second-order valence-electron chi connectivity index (χ2n) is 4.81. The Hall–Kier alpha value is -3.55. The lowest BCUT2D eigenvalue weighted by Gasteiger charge is -2.11. The average Bonchev–Trinajstić information content (AvgIpc) is 2.61. The van der Waals surface area contributed by atoms with Gasteiger partial charge in [-0.15, -0.1) is 0 Å². The van der Waals surface area contributed by atoms with Crippen LogP contribution in [0.3, 0.4) is 0 Å². The number of methoxy groups -OCH3 is 2. The summed E-state index contributed by atoms with van der Waals surface area (Å²) in [5.41, 5.74) is 2.96. The lowest BCUT2D eigenvalue weighted by atomic mass is 10.2. The van der Waals surface area contributed by atoms with Gasteiger partial charge in [0.1, 0.15) is 17.2 Å². The van der Waals surface area contributed by atoms with Crippen LogP contribution in [0.5, 0.6) is 17.2 Å². The van der Waals surface area contributed by atoms with Crippen LogP contribution >= 0.6 is 0 Å². The molecule has 25 heavy (non-hydrogen) atoms. The first kappa shape index (κ1) is 17.8. The van der Waals surface area contributed by atoms with Crippen LogP contribution in [0.2, 0.25) is 0 Å². The maximum atomic E-state index is 11.9. The molecule has 0 aromatic heterocycles. The van der Waals surface area contributed by atoms with Crippen molar-refractivity contribution in [1.29, 1.82) is 0 Å². The highest BCUT2D eigenvalue weighted by molar-refractivity contribution is 6.39. The van der Waals surface area contributed by atoms with Gasteiger partial charge >= 0.3 is 11.8 Å². The molecule has 0 radical (unpaired) electrons. The number of rotatable bonds is 5. The van der Waals surface area contributed by atoms with Gasteiger partial charge in [-0.2, -0.15) is 5.10 Å². The Balaban J connectivity index is 2.00. The number of hydrazone groups is 1. The smallest absolute Gasteiger partial charge is 0.329 e. The van der Waals surface area contributed by atoms with E-state index in [1.54, 1.807) is 24.3 Å². The number of phenols is 1. The van der Waals surface area contributed by atoms with Crippen molar-refractivity contribution in [3.05, 3.63) is 48.0 Å². The Labute approximate surface area is 144 Å². The number of ether oxygens (including phenoxy) is 2. The van der Waals surface area contributed by atoms with E-state index in [4.69, 9.17) is 9.47 Å². The number of hydrogen-bond acceptors (Lipinski definition) is 6. The number of carbonyl (C=O) groups is 2. The molecule has 0 spiro atoms. The van der Waals surface area contributed by atoms with Gasteiger partial charge in [-0.1, -0.05) is 12.1 Å². The van der Waals surface area contributed by atoms with Crippen molar-refractivity contribution in [2.45, 2.75) is 0 Å². The molecule has 0 fully saturated rings. The Kier molecular flexibility index (Phi) is 5.94. The van der Waals surface area contributed by atoms with Crippen molar-refractivity contribution in [3.8, 4) is 17.2 Å². The van der Waals surface area contributed by atoms with Gasteiger partial charge in [-0.25, -0.2) is 5.43 Å². The van der Waals surface area contributed by atoms with Gasteiger partial charge in [0.2, 0.25) is 0 Å². The molecule has 2 aromatic carbocycles. The van der Waals surface area contributed by atoms with Crippen LogP contribution in [0.25, 0.3) is 0 Å². The number of amides is 2. The van der Waals surface area contributed by atoms with Crippen LogP contribution < -0.4 is 20.2 Å². The summed E-state index contributed by atoms with van der Waals surface area (Å²) in [6, 6.07) is 11.1. The minimum absolute atomic E-state index is 0.0677. The first-order valence-electron chi connectivity index (χ1n) is 7.19. The van der Waals surface area contributed by atoms with E-state index >= 15 is 0 Å². The minimum atomic E-state index is -0.957. The fourth-order valence-electron chi connectivity index (χ4n) is 1.91. The summed E-state index contributed by atoms with van der Waals surface area (Å²) in [5.74, 6) is -0.928. The topological polar surface area (TPSA) is 109 Å². The number of nitrogens with one attached hydrogen (secondary N) is 2. The number of benzene rings is 2. The van der Waals surface area contributed by atoms with Crippen LogP contribution in [0, 0.1) is 0 Å². The summed E-state index contributed by atoms with van der Waals surface area (Å²) in [4.78, 5) is 23.7. The molecule has 0 aliphatic rings. The predicted octanol–water partition coefficient (Wildman–Crippen LogP) is 1.50. The van der Waals surface area contributed by atoms with Gasteiger partial charge in [-0.05, 0) is 29.8 Å². The number of nitrogens with zero attached hydrogens (tertiary/aromatic N) is 1. The van der Waals surface area contributed by atoms with Gasteiger partial charge in [0, 0.05) is 6.07 Å². The number of anilines is 1. The molecule has 2 rings (SSSR count). The third kappa shape index (κ3) is 4.96. The van der Waals surface area contributed by atoms with E-state index < -0.39 is 11.8 Å².